The highest BCUT2D eigenvalue weighted by Crippen LogP contribution is 2.41. The van der Waals surface area contributed by atoms with E-state index >= 15 is 0 Å². The van der Waals surface area contributed by atoms with E-state index in [1.165, 1.54) is 18.4 Å². The predicted octanol–water partition coefficient (Wildman–Crippen LogP) is 4.06. The average molecular weight is 432 g/mol. The summed E-state index contributed by atoms with van der Waals surface area (Å²) in [7, 11) is -3.31. The van der Waals surface area contributed by atoms with Gasteiger partial charge in [0.2, 0.25) is 5.91 Å². The van der Waals surface area contributed by atoms with E-state index in [9.17, 15) is 17.6 Å². The minimum atomic E-state index is -3.31. The van der Waals surface area contributed by atoms with E-state index in [-0.39, 0.29) is 16.6 Å². The number of likely N-dealkylation sites (tertiary alicyclic amines) is 1. The Morgan fingerprint density at radius 3 is 2.23 bits per heavy atom. The van der Waals surface area contributed by atoms with E-state index in [4.69, 9.17) is 4.74 Å². The fourth-order valence-corrected chi connectivity index (χ4v) is 4.57. The summed E-state index contributed by atoms with van der Waals surface area (Å²) in [6.07, 6.45) is 4.23. The van der Waals surface area contributed by atoms with Gasteiger partial charge in [-0.1, -0.05) is 24.3 Å². The molecular weight excluding hydrogens is 405 g/mol. The van der Waals surface area contributed by atoms with Gasteiger partial charge in [-0.3, -0.25) is 4.79 Å². The van der Waals surface area contributed by atoms with Gasteiger partial charge in [-0.05, 0) is 60.6 Å². The van der Waals surface area contributed by atoms with Crippen LogP contribution in [0, 0.1) is 11.7 Å². The molecule has 1 aliphatic carbocycles. The molecule has 0 aromatic heterocycles. The van der Waals surface area contributed by atoms with Crippen LogP contribution < -0.4 is 0 Å². The molecule has 0 N–H and O–H groups in total. The van der Waals surface area contributed by atoms with Gasteiger partial charge in [-0.15, -0.1) is 0 Å². The lowest BCUT2D eigenvalue weighted by Crippen LogP contribution is -2.35. The molecule has 2 atom stereocenters. The Morgan fingerprint density at radius 1 is 1.07 bits per heavy atom. The van der Waals surface area contributed by atoms with Gasteiger partial charge in [0.15, 0.2) is 9.84 Å². The second kappa shape index (κ2) is 8.47. The predicted molar refractivity (Wildman–Crippen MR) is 111 cm³/mol. The minimum absolute atomic E-state index is 0.0529. The summed E-state index contributed by atoms with van der Waals surface area (Å²) < 4.78 is 43.6. The molecule has 2 aromatic carbocycles. The number of rotatable bonds is 8. The van der Waals surface area contributed by atoms with Crippen molar-refractivity contribution < 1.29 is 22.3 Å². The Balaban J connectivity index is 1.74. The Morgan fingerprint density at radius 2 is 1.70 bits per heavy atom. The van der Waals surface area contributed by atoms with Crippen molar-refractivity contribution in [1.29, 1.82) is 0 Å². The summed E-state index contributed by atoms with van der Waals surface area (Å²) in [6, 6.07) is 12.5. The number of halogens is 1. The van der Waals surface area contributed by atoms with Crippen LogP contribution in [0.3, 0.4) is 0 Å². The fraction of sp³-hybridized carbons (Fsp3) is 0.435. The van der Waals surface area contributed by atoms with E-state index in [2.05, 4.69) is 0 Å². The number of sulfone groups is 1. The van der Waals surface area contributed by atoms with Crippen LogP contribution in [0.15, 0.2) is 53.4 Å². The third-order valence-corrected chi connectivity index (χ3v) is 6.92. The largest absolute Gasteiger partial charge is 0.371 e. The lowest BCUT2D eigenvalue weighted by molar-refractivity contribution is -0.133. The van der Waals surface area contributed by atoms with E-state index in [1.54, 1.807) is 36.4 Å². The van der Waals surface area contributed by atoms with E-state index in [0.717, 1.165) is 30.4 Å². The summed E-state index contributed by atoms with van der Waals surface area (Å²) in [6.45, 7) is 1.20. The van der Waals surface area contributed by atoms with Crippen molar-refractivity contribution in [1.82, 2.24) is 4.90 Å². The molecule has 0 spiro atoms. The first-order chi connectivity index (χ1) is 14.3. The molecule has 4 rings (SSSR count). The first-order valence-electron chi connectivity index (χ1n) is 10.3. The van der Waals surface area contributed by atoms with Crippen LogP contribution in [0.1, 0.15) is 49.0 Å². The van der Waals surface area contributed by atoms with Gasteiger partial charge in [-0.2, -0.15) is 0 Å². The normalized spacial score (nSPS) is 19.1. The molecule has 5 nitrogen and oxygen atoms in total. The quantitative estimate of drug-likeness (QED) is 0.632. The van der Waals surface area contributed by atoms with Crippen LogP contribution in [0.2, 0.25) is 0 Å². The van der Waals surface area contributed by atoms with Crippen LogP contribution in [0.25, 0.3) is 0 Å². The van der Waals surface area contributed by atoms with E-state index in [0.29, 0.717) is 25.5 Å². The van der Waals surface area contributed by atoms with E-state index < -0.39 is 22.0 Å². The molecule has 1 saturated carbocycles. The number of carbonyl (C=O) groups is 1. The van der Waals surface area contributed by atoms with Crippen molar-refractivity contribution in [2.24, 2.45) is 5.92 Å². The second-order valence-corrected chi connectivity index (χ2v) is 10.2. The molecule has 30 heavy (non-hydrogen) atoms. The molecule has 2 aromatic rings. The van der Waals surface area contributed by atoms with Gasteiger partial charge < -0.3 is 9.64 Å². The Bertz CT molecular complexity index is 1000. The summed E-state index contributed by atoms with van der Waals surface area (Å²) in [5, 5.41) is 0. The van der Waals surface area contributed by atoms with Gasteiger partial charge in [0.1, 0.15) is 11.9 Å². The zero-order valence-electron chi connectivity index (χ0n) is 17.0. The zero-order valence-corrected chi connectivity index (χ0v) is 17.8. The van der Waals surface area contributed by atoms with Crippen LogP contribution in [-0.4, -0.2) is 38.6 Å². The van der Waals surface area contributed by atoms with Crippen molar-refractivity contribution in [2.75, 3.05) is 19.4 Å². The maximum Gasteiger partial charge on any atom is 0.223 e. The number of benzene rings is 2. The number of hydrogen-bond acceptors (Lipinski definition) is 4. The molecule has 1 aliphatic heterocycles. The van der Waals surface area contributed by atoms with Crippen LogP contribution >= 0.6 is 0 Å². The van der Waals surface area contributed by atoms with Crippen molar-refractivity contribution in [3.05, 3.63) is 65.5 Å². The highest BCUT2D eigenvalue weighted by atomic mass is 32.2. The molecule has 1 heterocycles. The van der Waals surface area contributed by atoms with Gasteiger partial charge in [0.25, 0.3) is 0 Å². The lowest BCUT2D eigenvalue weighted by Gasteiger charge is -2.35. The zero-order chi connectivity index (χ0) is 21.3. The van der Waals surface area contributed by atoms with Crippen molar-refractivity contribution in [3.8, 4) is 0 Å². The Hall–Kier alpha value is -2.25. The van der Waals surface area contributed by atoms with Gasteiger partial charge in [0.05, 0.1) is 17.5 Å². The number of nitrogens with zero attached hydrogens (tertiary/aromatic N) is 1. The minimum Gasteiger partial charge on any atom is -0.371 e. The van der Waals surface area contributed by atoms with Gasteiger partial charge >= 0.3 is 0 Å². The monoisotopic (exact) mass is 431 g/mol. The topological polar surface area (TPSA) is 63.7 Å². The SMILES string of the molecule is CS(=O)(=O)c1ccc([C@@H](OCC2CC2)[C@H](c2ccc(F)cc2)N2CCCC2=O)cc1. The maximum atomic E-state index is 13.6. The highest BCUT2D eigenvalue weighted by Gasteiger charge is 2.37. The van der Waals surface area contributed by atoms with Crippen molar-refractivity contribution >= 4 is 15.7 Å². The molecule has 0 unspecified atom stereocenters. The fourth-order valence-electron chi connectivity index (χ4n) is 3.94. The highest BCUT2D eigenvalue weighted by molar-refractivity contribution is 7.90. The number of carbonyl (C=O) groups excluding carboxylic acids is 1. The summed E-state index contributed by atoms with van der Waals surface area (Å²) in [5.74, 6) is 0.237. The Labute approximate surface area is 176 Å². The molecule has 160 valence electrons. The molecule has 1 saturated heterocycles. The molecule has 1 amide bonds. The van der Waals surface area contributed by atoms with Crippen LogP contribution in [0.4, 0.5) is 4.39 Å². The third kappa shape index (κ3) is 4.73. The summed E-state index contributed by atoms with van der Waals surface area (Å²) in [4.78, 5) is 14.7. The van der Waals surface area contributed by atoms with E-state index in [1.807, 2.05) is 4.90 Å². The first-order valence-corrected chi connectivity index (χ1v) is 12.2. The van der Waals surface area contributed by atoms with Crippen LogP contribution in [-0.2, 0) is 19.4 Å². The van der Waals surface area contributed by atoms with Crippen molar-refractivity contribution in [3.63, 3.8) is 0 Å². The first kappa shape index (κ1) is 21.0. The maximum absolute atomic E-state index is 13.6. The summed E-state index contributed by atoms with van der Waals surface area (Å²) in [5.41, 5.74) is 1.61. The number of amides is 1. The molecule has 7 heteroatoms. The molecule has 0 radical (unpaired) electrons. The van der Waals surface area contributed by atoms with Gasteiger partial charge in [0, 0.05) is 19.2 Å². The third-order valence-electron chi connectivity index (χ3n) is 5.79. The number of ether oxygens (including phenoxy) is 1. The smallest absolute Gasteiger partial charge is 0.223 e. The standard InChI is InChI=1S/C23H26FNO4S/c1-30(27,28)20-12-8-18(9-13-20)23(29-15-16-4-5-16)22(25-14-2-3-21(25)26)17-6-10-19(24)11-7-17/h6-13,16,22-23H,2-5,14-15H2,1H3/t22-,23+/m0/s1. The molecule has 2 aliphatic rings. The lowest BCUT2D eigenvalue weighted by atomic mass is 9.94. The number of hydrogen-bond donors (Lipinski definition) is 0. The van der Waals surface area contributed by atoms with Gasteiger partial charge in [-0.25, -0.2) is 12.8 Å². The van der Waals surface area contributed by atoms with Crippen molar-refractivity contribution in [2.45, 2.75) is 42.7 Å². The average Bonchev–Trinajstić information content (AvgIpc) is 3.45. The molecular formula is C23H26FNO4S. The Kier molecular flexibility index (Phi) is 5.93. The molecule has 2 fully saturated rings. The molecule has 0 bridgehead atoms. The summed E-state index contributed by atoms with van der Waals surface area (Å²) >= 11 is 0. The second-order valence-electron chi connectivity index (χ2n) is 8.23. The van der Waals surface area contributed by atoms with Crippen LogP contribution in [0.5, 0.6) is 0 Å².